The molecule has 0 aliphatic carbocycles. The number of nitrogens with zero attached hydrogens (tertiary/aromatic N) is 1. The first-order valence-electron chi connectivity index (χ1n) is 8.64. The van der Waals surface area contributed by atoms with Crippen LogP contribution in [-0.2, 0) is 14.8 Å². The van der Waals surface area contributed by atoms with Crippen molar-refractivity contribution in [2.75, 3.05) is 29.4 Å². The van der Waals surface area contributed by atoms with E-state index in [4.69, 9.17) is 0 Å². The number of carbonyl (C=O) groups is 1. The summed E-state index contributed by atoms with van der Waals surface area (Å²) in [7, 11) is -3.69. The lowest BCUT2D eigenvalue weighted by molar-refractivity contribution is -0.121. The van der Waals surface area contributed by atoms with E-state index in [2.05, 4.69) is 5.32 Å². The van der Waals surface area contributed by atoms with Gasteiger partial charge in [-0.1, -0.05) is 18.2 Å². The fourth-order valence-electron chi connectivity index (χ4n) is 2.47. The van der Waals surface area contributed by atoms with Crippen molar-refractivity contribution in [1.29, 1.82) is 0 Å². The number of amides is 1. The van der Waals surface area contributed by atoms with Gasteiger partial charge >= 0.3 is 0 Å². The predicted octanol–water partition coefficient (Wildman–Crippen LogP) is 3.42. The highest BCUT2D eigenvalue weighted by atomic mass is 32.2. The number of anilines is 1. The predicted molar refractivity (Wildman–Crippen MR) is 108 cm³/mol. The third-order valence-corrected chi connectivity index (χ3v) is 6.00. The molecular weight excluding hydrogens is 406 g/mol. The van der Waals surface area contributed by atoms with Crippen LogP contribution in [0.4, 0.5) is 14.5 Å². The molecular formula is C19H22F2N2O3S2. The largest absolute Gasteiger partial charge is 0.355 e. The summed E-state index contributed by atoms with van der Waals surface area (Å²) < 4.78 is 51.4. The van der Waals surface area contributed by atoms with E-state index in [0.29, 0.717) is 6.54 Å². The average Bonchev–Trinajstić information content (AvgIpc) is 2.65. The summed E-state index contributed by atoms with van der Waals surface area (Å²) in [6.07, 6.45) is 1.37. The second kappa shape index (κ2) is 10.4. The molecule has 5 nitrogen and oxygen atoms in total. The van der Waals surface area contributed by atoms with Crippen molar-refractivity contribution in [3.63, 3.8) is 0 Å². The highest BCUT2D eigenvalue weighted by molar-refractivity contribution is 7.99. The number of benzene rings is 2. The molecule has 0 bridgehead atoms. The maximum Gasteiger partial charge on any atom is 0.232 e. The average molecular weight is 429 g/mol. The number of hydrogen-bond donors (Lipinski definition) is 1. The van der Waals surface area contributed by atoms with Crippen molar-refractivity contribution in [3.8, 4) is 0 Å². The molecule has 0 aromatic heterocycles. The van der Waals surface area contributed by atoms with E-state index in [1.807, 2.05) is 30.3 Å². The van der Waals surface area contributed by atoms with Crippen LogP contribution in [0.3, 0.4) is 0 Å². The fraction of sp³-hybridized carbons (Fsp3) is 0.316. The molecule has 0 saturated carbocycles. The lowest BCUT2D eigenvalue weighted by Crippen LogP contribution is -2.32. The zero-order valence-electron chi connectivity index (χ0n) is 15.4. The number of rotatable bonds is 10. The van der Waals surface area contributed by atoms with Gasteiger partial charge in [0.2, 0.25) is 15.9 Å². The molecule has 0 atom stereocenters. The Morgan fingerprint density at radius 2 is 1.82 bits per heavy atom. The van der Waals surface area contributed by atoms with Crippen LogP contribution in [0.25, 0.3) is 0 Å². The number of thioether (sulfide) groups is 1. The summed E-state index contributed by atoms with van der Waals surface area (Å²) in [6, 6.07) is 12.7. The van der Waals surface area contributed by atoms with Crippen molar-refractivity contribution in [2.45, 2.75) is 17.7 Å². The van der Waals surface area contributed by atoms with E-state index in [1.165, 1.54) is 6.07 Å². The third kappa shape index (κ3) is 7.12. The van der Waals surface area contributed by atoms with Crippen molar-refractivity contribution in [3.05, 3.63) is 60.2 Å². The van der Waals surface area contributed by atoms with E-state index in [9.17, 15) is 22.0 Å². The van der Waals surface area contributed by atoms with Crippen LogP contribution in [0.2, 0.25) is 0 Å². The van der Waals surface area contributed by atoms with Gasteiger partial charge in [0.25, 0.3) is 0 Å². The van der Waals surface area contributed by atoms with Gasteiger partial charge in [-0.3, -0.25) is 9.10 Å². The van der Waals surface area contributed by atoms with E-state index in [-0.39, 0.29) is 31.0 Å². The van der Waals surface area contributed by atoms with Crippen LogP contribution in [-0.4, -0.2) is 39.4 Å². The molecule has 0 aliphatic rings. The summed E-state index contributed by atoms with van der Waals surface area (Å²) in [5.41, 5.74) is 0.0288. The molecule has 2 aromatic carbocycles. The standard InChI is InChI=1S/C19H22F2N2O3S2/c1-28(25,26)23(15-9-10-17(20)18(21)14-15)12-5-8-19(24)22-11-13-27-16-6-3-2-4-7-16/h2-4,6-7,9-10,14H,5,8,11-13H2,1H3,(H,22,24). The Bertz CT molecular complexity index is 893. The van der Waals surface area contributed by atoms with E-state index < -0.39 is 21.7 Å². The molecule has 0 heterocycles. The Morgan fingerprint density at radius 1 is 1.11 bits per heavy atom. The van der Waals surface area contributed by atoms with Gasteiger partial charge in [-0.2, -0.15) is 0 Å². The van der Waals surface area contributed by atoms with E-state index >= 15 is 0 Å². The first kappa shape index (κ1) is 22.2. The van der Waals surface area contributed by atoms with E-state index in [0.717, 1.165) is 33.3 Å². The summed E-state index contributed by atoms with van der Waals surface area (Å²) >= 11 is 1.63. The van der Waals surface area contributed by atoms with Crippen molar-refractivity contribution >= 4 is 33.4 Å². The van der Waals surface area contributed by atoms with Gasteiger partial charge in [0, 0.05) is 36.2 Å². The molecule has 28 heavy (non-hydrogen) atoms. The molecule has 0 aliphatic heterocycles. The minimum absolute atomic E-state index is 0.00388. The summed E-state index contributed by atoms with van der Waals surface area (Å²) in [6.45, 7) is 0.494. The third-order valence-electron chi connectivity index (χ3n) is 3.79. The smallest absolute Gasteiger partial charge is 0.232 e. The normalized spacial score (nSPS) is 11.2. The molecule has 2 rings (SSSR count). The van der Waals surface area contributed by atoms with Gasteiger partial charge in [0.1, 0.15) is 0 Å². The zero-order chi connectivity index (χ0) is 20.6. The Hall–Kier alpha value is -2.13. The first-order valence-corrected chi connectivity index (χ1v) is 11.5. The van der Waals surface area contributed by atoms with Crippen LogP contribution in [0, 0.1) is 11.6 Å². The molecule has 2 aromatic rings. The lowest BCUT2D eigenvalue weighted by atomic mass is 10.2. The van der Waals surface area contributed by atoms with Crippen LogP contribution in [0.5, 0.6) is 0 Å². The molecule has 9 heteroatoms. The quantitative estimate of drug-likeness (QED) is 0.465. The van der Waals surface area contributed by atoms with Crippen molar-refractivity contribution < 1.29 is 22.0 Å². The van der Waals surface area contributed by atoms with Crippen LogP contribution in [0.15, 0.2) is 53.4 Å². The minimum Gasteiger partial charge on any atom is -0.355 e. The Balaban J connectivity index is 1.78. The molecule has 0 fully saturated rings. The summed E-state index contributed by atoms with van der Waals surface area (Å²) in [5, 5.41) is 2.78. The Morgan fingerprint density at radius 3 is 2.46 bits per heavy atom. The molecule has 0 unspecified atom stereocenters. The Labute approximate surface area is 168 Å². The molecule has 0 radical (unpaired) electrons. The maximum atomic E-state index is 13.4. The monoisotopic (exact) mass is 428 g/mol. The highest BCUT2D eigenvalue weighted by Crippen LogP contribution is 2.21. The molecule has 0 spiro atoms. The summed E-state index contributed by atoms with van der Waals surface area (Å²) in [4.78, 5) is 13.0. The number of halogens is 2. The van der Waals surface area contributed by atoms with Crippen molar-refractivity contribution in [1.82, 2.24) is 5.32 Å². The van der Waals surface area contributed by atoms with Gasteiger partial charge in [0.05, 0.1) is 11.9 Å². The second-order valence-electron chi connectivity index (χ2n) is 6.05. The number of hydrogen-bond acceptors (Lipinski definition) is 4. The van der Waals surface area contributed by atoms with Gasteiger partial charge in [0.15, 0.2) is 11.6 Å². The summed E-state index contributed by atoms with van der Waals surface area (Å²) in [5.74, 6) is -1.64. The van der Waals surface area contributed by atoms with Gasteiger partial charge in [-0.05, 0) is 30.7 Å². The number of sulfonamides is 1. The van der Waals surface area contributed by atoms with Gasteiger partial charge < -0.3 is 5.32 Å². The molecule has 1 amide bonds. The molecule has 0 saturated heterocycles. The first-order chi connectivity index (χ1) is 13.3. The number of carbonyl (C=O) groups excluding carboxylic acids is 1. The Kier molecular flexibility index (Phi) is 8.25. The minimum atomic E-state index is -3.69. The van der Waals surface area contributed by atoms with Crippen LogP contribution >= 0.6 is 11.8 Å². The lowest BCUT2D eigenvalue weighted by Gasteiger charge is -2.22. The molecule has 152 valence electrons. The topological polar surface area (TPSA) is 66.5 Å². The van der Waals surface area contributed by atoms with Gasteiger partial charge in [-0.15, -0.1) is 11.8 Å². The molecule has 1 N–H and O–H groups in total. The van der Waals surface area contributed by atoms with E-state index in [1.54, 1.807) is 11.8 Å². The highest BCUT2D eigenvalue weighted by Gasteiger charge is 2.19. The maximum absolute atomic E-state index is 13.4. The van der Waals surface area contributed by atoms with Crippen molar-refractivity contribution in [2.24, 2.45) is 0 Å². The number of nitrogens with one attached hydrogen (secondary N) is 1. The van der Waals surface area contributed by atoms with Crippen LogP contribution < -0.4 is 9.62 Å². The second-order valence-corrected chi connectivity index (χ2v) is 9.12. The zero-order valence-corrected chi connectivity index (χ0v) is 17.0. The fourth-order valence-corrected chi connectivity index (χ4v) is 4.22. The van der Waals surface area contributed by atoms with Gasteiger partial charge in [-0.25, -0.2) is 17.2 Å². The van der Waals surface area contributed by atoms with Crippen LogP contribution in [0.1, 0.15) is 12.8 Å². The SMILES string of the molecule is CS(=O)(=O)N(CCCC(=O)NCCSc1ccccc1)c1ccc(F)c(F)c1.